The van der Waals surface area contributed by atoms with Crippen molar-refractivity contribution in [1.82, 2.24) is 35.5 Å². The average Bonchev–Trinajstić information content (AvgIpc) is 3.68. The van der Waals surface area contributed by atoms with Crippen molar-refractivity contribution in [2.24, 2.45) is 4.99 Å². The Bertz CT molecular complexity index is 1930. The van der Waals surface area contributed by atoms with Crippen LogP contribution in [0, 0.1) is 0 Å². The van der Waals surface area contributed by atoms with E-state index in [1.807, 2.05) is 91.8 Å². The molecule has 2 aromatic carbocycles. The SMILES string of the molecule is C.CC1(C)NCc2nc(NC3CCOCC3)ncc21.CC1(C)c2cnc(NC3CCOCC3)nc2CN1C(=O)NCc1ccccc1.O=C=NCc1ccccc1. The van der Waals surface area contributed by atoms with Crippen LogP contribution in [0.15, 0.2) is 78.0 Å². The Kier molecular flexibility index (Phi) is 15.2. The van der Waals surface area contributed by atoms with Gasteiger partial charge in [-0.05, 0) is 64.5 Å². The monoisotopic (exact) mass is 778 g/mol. The lowest BCUT2D eigenvalue weighted by Gasteiger charge is -2.32. The minimum atomic E-state index is -0.451. The van der Waals surface area contributed by atoms with Crippen LogP contribution in [0.3, 0.4) is 0 Å². The van der Waals surface area contributed by atoms with E-state index in [4.69, 9.17) is 14.5 Å². The van der Waals surface area contributed by atoms with Gasteiger partial charge in [-0.3, -0.25) is 0 Å². The van der Waals surface area contributed by atoms with Crippen molar-refractivity contribution in [1.29, 1.82) is 0 Å². The molecule has 14 nitrogen and oxygen atoms in total. The molecule has 0 atom stereocenters. The van der Waals surface area contributed by atoms with E-state index < -0.39 is 5.54 Å². The van der Waals surface area contributed by atoms with Gasteiger partial charge in [0.1, 0.15) is 0 Å². The number of isocyanates is 1. The van der Waals surface area contributed by atoms with Gasteiger partial charge in [0.15, 0.2) is 0 Å². The first kappa shape index (κ1) is 42.9. The van der Waals surface area contributed by atoms with Gasteiger partial charge in [-0.15, -0.1) is 0 Å². The molecule has 2 fully saturated rings. The first-order valence-corrected chi connectivity index (χ1v) is 19.5. The molecule has 4 aliphatic rings. The molecule has 0 saturated carbocycles. The third kappa shape index (κ3) is 11.6. The first-order chi connectivity index (χ1) is 27.1. The lowest BCUT2D eigenvalue weighted by Crippen LogP contribution is -2.45. The van der Waals surface area contributed by atoms with Crippen molar-refractivity contribution in [2.45, 2.75) is 110 Å². The lowest BCUT2D eigenvalue weighted by atomic mass is 9.97. The molecule has 0 aliphatic carbocycles. The minimum absolute atomic E-state index is 0. The molecule has 8 rings (SSSR count). The van der Waals surface area contributed by atoms with Crippen LogP contribution >= 0.6 is 0 Å². The number of rotatable bonds is 8. The summed E-state index contributed by atoms with van der Waals surface area (Å²) in [5.74, 6) is 1.38. The number of nitrogens with one attached hydrogen (secondary N) is 4. The van der Waals surface area contributed by atoms with Gasteiger partial charge in [0, 0.05) is 80.7 Å². The summed E-state index contributed by atoms with van der Waals surface area (Å²) >= 11 is 0. The fourth-order valence-corrected chi connectivity index (χ4v) is 7.11. The highest BCUT2D eigenvalue weighted by atomic mass is 16.5. The number of nitrogens with zero attached hydrogens (tertiary/aromatic N) is 6. The minimum Gasteiger partial charge on any atom is -0.381 e. The van der Waals surface area contributed by atoms with Gasteiger partial charge >= 0.3 is 6.03 Å². The molecule has 6 heterocycles. The summed E-state index contributed by atoms with van der Waals surface area (Å²) in [5.41, 5.74) is 5.88. The summed E-state index contributed by atoms with van der Waals surface area (Å²) < 4.78 is 10.8. The first-order valence-electron chi connectivity index (χ1n) is 19.5. The Balaban J connectivity index is 0.000000182. The van der Waals surface area contributed by atoms with Crippen LogP contribution in [0.4, 0.5) is 16.7 Å². The van der Waals surface area contributed by atoms with E-state index >= 15 is 0 Å². The second kappa shape index (κ2) is 20.2. The van der Waals surface area contributed by atoms with E-state index in [2.05, 4.69) is 55.1 Å². The smallest absolute Gasteiger partial charge is 0.318 e. The number of carbonyl (C=O) groups excluding carboxylic acids is 2. The van der Waals surface area contributed by atoms with Crippen LogP contribution < -0.4 is 21.3 Å². The molecule has 2 aromatic heterocycles. The predicted octanol–water partition coefficient (Wildman–Crippen LogP) is 6.59. The van der Waals surface area contributed by atoms with E-state index in [0.717, 1.165) is 92.7 Å². The zero-order valence-corrected chi connectivity index (χ0v) is 32.9. The fourth-order valence-electron chi connectivity index (χ4n) is 7.11. The Morgan fingerprint density at radius 1 is 0.807 bits per heavy atom. The van der Waals surface area contributed by atoms with Crippen LogP contribution in [-0.2, 0) is 51.5 Å². The highest BCUT2D eigenvalue weighted by molar-refractivity contribution is 5.76. The standard InChI is InChI=1S/C21H27N5O2.C13H20N4O.C8H7NO.CH4/c1-21(2)17-13-22-19(24-16-8-10-28-11-9-16)25-18(17)14-26(21)20(27)23-12-15-6-4-3-5-7-15;1-13(2)10-7-14-12(17-11(10)8-15-13)16-9-3-5-18-6-4-9;10-7-9-6-8-4-2-1-3-5-8;/h3-7,13,16H,8-12,14H2,1-2H3,(H,23,27)(H,22,24,25);7,9,15H,3-6,8H2,1-2H3,(H,14,16,17);1-5H,6H2;1H4. The summed E-state index contributed by atoms with van der Waals surface area (Å²) in [4.78, 5) is 46.1. The zero-order valence-electron chi connectivity index (χ0n) is 32.9. The number of fused-ring (bicyclic) bond motifs is 2. The van der Waals surface area contributed by atoms with Crippen molar-refractivity contribution >= 4 is 24.0 Å². The maximum atomic E-state index is 12.8. The second-order valence-electron chi connectivity index (χ2n) is 15.3. The van der Waals surface area contributed by atoms with Crippen LogP contribution in [0.5, 0.6) is 0 Å². The molecule has 14 heteroatoms. The molecule has 4 aromatic rings. The van der Waals surface area contributed by atoms with Gasteiger partial charge in [-0.2, -0.15) is 0 Å². The summed E-state index contributed by atoms with van der Waals surface area (Å²) in [5, 5.41) is 13.3. The number of hydrogen-bond acceptors (Lipinski definition) is 12. The third-order valence-electron chi connectivity index (χ3n) is 10.6. The van der Waals surface area contributed by atoms with Gasteiger partial charge in [0.05, 0.1) is 30.0 Å². The Morgan fingerprint density at radius 2 is 1.33 bits per heavy atom. The molecule has 4 aliphatic heterocycles. The number of anilines is 2. The zero-order chi connectivity index (χ0) is 39.4. The van der Waals surface area contributed by atoms with Gasteiger partial charge in [-0.1, -0.05) is 68.1 Å². The van der Waals surface area contributed by atoms with E-state index in [-0.39, 0.29) is 19.0 Å². The number of amides is 2. The topological polar surface area (TPSA) is 168 Å². The van der Waals surface area contributed by atoms with Gasteiger partial charge in [-0.25, -0.2) is 34.5 Å². The molecule has 0 bridgehead atoms. The number of carbonyl (C=O) groups is 1. The summed E-state index contributed by atoms with van der Waals surface area (Å²) in [6.07, 6.45) is 9.28. The number of ether oxygens (including phenoxy) is 2. The van der Waals surface area contributed by atoms with E-state index in [0.29, 0.717) is 37.7 Å². The average molecular weight is 779 g/mol. The fraction of sp³-hybridized carbons (Fsp3) is 0.488. The largest absolute Gasteiger partial charge is 0.381 e. The van der Waals surface area contributed by atoms with Crippen LogP contribution in [-0.4, -0.2) is 75.5 Å². The van der Waals surface area contributed by atoms with E-state index in [1.54, 1.807) is 0 Å². The van der Waals surface area contributed by atoms with Crippen molar-refractivity contribution in [2.75, 3.05) is 37.1 Å². The summed E-state index contributed by atoms with van der Waals surface area (Å²) in [7, 11) is 0. The number of benzene rings is 2. The molecular weight excluding hydrogens is 721 g/mol. The van der Waals surface area contributed by atoms with Crippen molar-refractivity contribution in [3.8, 4) is 0 Å². The molecule has 2 amide bonds. The molecule has 0 radical (unpaired) electrons. The molecule has 0 spiro atoms. The van der Waals surface area contributed by atoms with E-state index in [9.17, 15) is 9.59 Å². The van der Waals surface area contributed by atoms with Crippen molar-refractivity contribution in [3.63, 3.8) is 0 Å². The second-order valence-corrected chi connectivity index (χ2v) is 15.3. The van der Waals surface area contributed by atoms with Gasteiger partial charge in [0.25, 0.3) is 0 Å². The maximum Gasteiger partial charge on any atom is 0.318 e. The molecule has 2 saturated heterocycles. The van der Waals surface area contributed by atoms with Crippen molar-refractivity contribution in [3.05, 3.63) is 107 Å². The molecule has 0 unspecified atom stereocenters. The number of aromatic nitrogens is 4. The molecule has 304 valence electrons. The number of aliphatic imine (C=N–C) groups is 1. The Morgan fingerprint density at radius 3 is 1.89 bits per heavy atom. The summed E-state index contributed by atoms with van der Waals surface area (Å²) in [6.45, 7) is 13.8. The summed E-state index contributed by atoms with van der Waals surface area (Å²) in [6, 6.07) is 20.2. The predicted molar refractivity (Wildman–Crippen MR) is 221 cm³/mol. The number of hydrogen-bond donors (Lipinski definition) is 4. The Labute approximate surface area is 336 Å². The van der Waals surface area contributed by atoms with Gasteiger partial charge < -0.3 is 35.6 Å². The molecule has 4 N–H and O–H groups in total. The highest BCUT2D eigenvalue weighted by Crippen LogP contribution is 2.38. The van der Waals surface area contributed by atoms with Gasteiger partial charge in [0.2, 0.25) is 18.0 Å². The quantitative estimate of drug-likeness (QED) is 0.113. The third-order valence-corrected chi connectivity index (χ3v) is 10.6. The molecular formula is C43H58N10O4. The van der Waals surface area contributed by atoms with Crippen LogP contribution in [0.2, 0.25) is 0 Å². The number of urea groups is 1. The van der Waals surface area contributed by atoms with Crippen molar-refractivity contribution < 1.29 is 19.1 Å². The lowest BCUT2D eigenvalue weighted by molar-refractivity contribution is 0.0902. The molecule has 57 heavy (non-hydrogen) atoms. The Hall–Kier alpha value is -5.27. The normalized spacial score (nSPS) is 17.8. The van der Waals surface area contributed by atoms with Crippen LogP contribution in [0.25, 0.3) is 0 Å². The highest BCUT2D eigenvalue weighted by Gasteiger charge is 2.42. The maximum absolute atomic E-state index is 12.8. The van der Waals surface area contributed by atoms with Crippen LogP contribution in [0.1, 0.15) is 94.4 Å². The van der Waals surface area contributed by atoms with E-state index in [1.165, 1.54) is 11.6 Å².